The molecule has 1 aromatic carbocycles. The highest BCUT2D eigenvalue weighted by molar-refractivity contribution is 7.11. The van der Waals surface area contributed by atoms with E-state index in [9.17, 15) is 23.5 Å². The van der Waals surface area contributed by atoms with Crippen LogP contribution in [0.3, 0.4) is 0 Å². The predicted molar refractivity (Wildman–Crippen MR) is 112 cm³/mol. The fourth-order valence-electron chi connectivity index (χ4n) is 2.69. The van der Waals surface area contributed by atoms with E-state index in [-0.39, 0.29) is 15.9 Å². The molecule has 0 spiro atoms. The second kappa shape index (κ2) is 10.7. The van der Waals surface area contributed by atoms with Crippen LogP contribution in [0, 0.1) is 11.6 Å². The fraction of sp³-hybridized carbons (Fsp3) is 0.421. The van der Waals surface area contributed by atoms with Crippen molar-refractivity contribution >= 4 is 40.1 Å². The number of urea groups is 1. The first kappa shape index (κ1) is 23.2. The van der Waals surface area contributed by atoms with Crippen LogP contribution in [0.15, 0.2) is 12.1 Å². The molecule has 168 valence electrons. The van der Waals surface area contributed by atoms with Crippen LogP contribution in [0.5, 0.6) is 5.88 Å². The molecule has 1 saturated carbocycles. The number of aromatic nitrogens is 1. The minimum Gasteiger partial charge on any atom is -0.477 e. The summed E-state index contributed by atoms with van der Waals surface area (Å²) in [6, 6.07) is 1.90. The van der Waals surface area contributed by atoms with Gasteiger partial charge in [0, 0.05) is 17.6 Å². The number of hydrogen-bond donors (Lipinski definition) is 4. The minimum atomic E-state index is -1.40. The van der Waals surface area contributed by atoms with Crippen molar-refractivity contribution in [3.8, 4) is 5.88 Å². The van der Waals surface area contributed by atoms with Crippen molar-refractivity contribution in [2.24, 2.45) is 0 Å². The van der Waals surface area contributed by atoms with Gasteiger partial charge in [0.25, 0.3) is 0 Å². The molecule has 0 bridgehead atoms. The molecule has 1 fully saturated rings. The Bertz CT molecular complexity index is 932. The van der Waals surface area contributed by atoms with Crippen LogP contribution in [0.25, 0.3) is 0 Å². The number of unbranched alkanes of at least 4 members (excludes halogenated alkanes) is 1. The van der Waals surface area contributed by atoms with Gasteiger partial charge in [0.05, 0.1) is 5.56 Å². The highest BCUT2D eigenvalue weighted by Crippen LogP contribution is 2.31. The van der Waals surface area contributed by atoms with Gasteiger partial charge in [0.1, 0.15) is 23.2 Å². The molecule has 31 heavy (non-hydrogen) atoms. The second-order valence-corrected chi connectivity index (χ2v) is 8.16. The lowest BCUT2D eigenvalue weighted by atomic mass is 10.2. The molecule has 0 radical (unpaired) electrons. The van der Waals surface area contributed by atoms with Crippen molar-refractivity contribution in [2.45, 2.75) is 38.3 Å². The topological polar surface area (TPSA) is 113 Å². The first-order valence-corrected chi connectivity index (χ1v) is 10.8. The molecule has 0 unspecified atom stereocenters. The van der Waals surface area contributed by atoms with Crippen molar-refractivity contribution in [3.05, 3.63) is 39.9 Å². The van der Waals surface area contributed by atoms with Crippen LogP contribution in [-0.2, 0) is 6.61 Å². The summed E-state index contributed by atoms with van der Waals surface area (Å²) in [5.74, 6) is -3.61. The van der Waals surface area contributed by atoms with Gasteiger partial charge < -0.3 is 20.5 Å². The van der Waals surface area contributed by atoms with Gasteiger partial charge in [-0.25, -0.2) is 18.4 Å². The molecule has 0 aliphatic heterocycles. The van der Waals surface area contributed by atoms with E-state index in [4.69, 9.17) is 16.3 Å². The molecule has 2 amide bonds. The summed E-state index contributed by atoms with van der Waals surface area (Å²) in [6.07, 6.45) is 4.12. The summed E-state index contributed by atoms with van der Waals surface area (Å²) >= 11 is 6.27. The maximum Gasteiger partial charge on any atom is 0.344 e. The zero-order valence-electron chi connectivity index (χ0n) is 16.3. The lowest BCUT2D eigenvalue weighted by molar-refractivity contribution is 0.0693. The molecule has 8 nitrogen and oxygen atoms in total. The van der Waals surface area contributed by atoms with Gasteiger partial charge in [-0.3, -0.25) is 5.32 Å². The summed E-state index contributed by atoms with van der Waals surface area (Å²) in [5.41, 5.74) is -0.819. The number of carbonyl (C=O) groups excluding carboxylic acids is 1. The number of nitrogens with one attached hydrogen (secondary N) is 3. The average Bonchev–Trinajstić information content (AvgIpc) is 3.43. The van der Waals surface area contributed by atoms with E-state index < -0.39 is 41.4 Å². The normalized spacial score (nSPS) is 13.1. The second-order valence-electron chi connectivity index (χ2n) is 6.95. The van der Waals surface area contributed by atoms with Gasteiger partial charge in [0.15, 0.2) is 5.56 Å². The van der Waals surface area contributed by atoms with E-state index in [1.807, 2.05) is 0 Å². The summed E-state index contributed by atoms with van der Waals surface area (Å²) in [4.78, 5) is 23.7. The van der Waals surface area contributed by atoms with Gasteiger partial charge in [-0.15, -0.1) is 0 Å². The molecular formula is C19H21ClF2N4O4S. The SMILES string of the molecule is O=C(NCCCCNC1CC1)Nc1snc(OCc2c(F)cc(Cl)cc2F)c1C(=O)O. The number of rotatable bonds is 11. The maximum atomic E-state index is 13.9. The summed E-state index contributed by atoms with van der Waals surface area (Å²) < 4.78 is 36.8. The standard InChI is InChI=1S/C19H21ClF2N4O4S/c20-10-7-13(21)12(14(22)8-10)9-30-16-15(18(27)28)17(31-26-16)25-19(29)24-6-2-1-5-23-11-3-4-11/h7-8,11,23H,1-6,9H2,(H,27,28)(H2,24,25,29). The Morgan fingerprint density at radius 2 is 1.90 bits per heavy atom. The summed E-state index contributed by atoms with van der Waals surface area (Å²) in [5, 5.41) is 17.7. The van der Waals surface area contributed by atoms with E-state index in [0.717, 1.165) is 31.5 Å². The molecule has 12 heteroatoms. The molecule has 0 saturated heterocycles. The summed E-state index contributed by atoms with van der Waals surface area (Å²) in [7, 11) is 0. The number of carboxylic acid groups (broad SMARTS) is 1. The Balaban J connectivity index is 1.53. The molecule has 0 atom stereocenters. The number of carboxylic acids is 1. The smallest absolute Gasteiger partial charge is 0.344 e. The Morgan fingerprint density at radius 1 is 1.23 bits per heavy atom. The third-order valence-corrected chi connectivity index (χ3v) is 5.42. The van der Waals surface area contributed by atoms with E-state index in [0.29, 0.717) is 24.1 Å². The molecule has 1 aliphatic rings. The van der Waals surface area contributed by atoms with Crippen molar-refractivity contribution in [1.82, 2.24) is 15.0 Å². The highest BCUT2D eigenvalue weighted by Gasteiger charge is 2.24. The van der Waals surface area contributed by atoms with E-state index >= 15 is 0 Å². The van der Waals surface area contributed by atoms with Crippen LogP contribution in [0.1, 0.15) is 41.6 Å². The molecule has 4 N–H and O–H groups in total. The quantitative estimate of drug-likeness (QED) is 0.366. The van der Waals surface area contributed by atoms with Crippen molar-refractivity contribution in [1.29, 1.82) is 0 Å². The zero-order chi connectivity index (χ0) is 22.4. The minimum absolute atomic E-state index is 0.0487. The van der Waals surface area contributed by atoms with Gasteiger partial charge in [-0.2, -0.15) is 4.37 Å². The van der Waals surface area contributed by atoms with Crippen molar-refractivity contribution < 1.29 is 28.2 Å². The van der Waals surface area contributed by atoms with E-state index in [1.165, 1.54) is 12.8 Å². The monoisotopic (exact) mass is 474 g/mol. The number of amides is 2. The predicted octanol–water partition coefficient (Wildman–Crippen LogP) is 4.01. The first-order valence-electron chi connectivity index (χ1n) is 9.62. The van der Waals surface area contributed by atoms with E-state index in [2.05, 4.69) is 20.3 Å². The molecule has 1 aromatic heterocycles. The number of ether oxygens (including phenoxy) is 1. The van der Waals surface area contributed by atoms with Gasteiger partial charge in [-0.05, 0) is 55.9 Å². The van der Waals surface area contributed by atoms with Crippen LogP contribution in [0.2, 0.25) is 5.02 Å². The number of nitrogens with zero attached hydrogens (tertiary/aromatic N) is 1. The van der Waals surface area contributed by atoms with Crippen molar-refractivity contribution in [3.63, 3.8) is 0 Å². The van der Waals surface area contributed by atoms with E-state index in [1.54, 1.807) is 0 Å². The third kappa shape index (κ3) is 6.74. The van der Waals surface area contributed by atoms with Gasteiger partial charge >= 0.3 is 12.0 Å². The lowest BCUT2D eigenvalue weighted by Crippen LogP contribution is -2.30. The number of hydrogen-bond acceptors (Lipinski definition) is 6. The molecular weight excluding hydrogens is 454 g/mol. The van der Waals surface area contributed by atoms with Gasteiger partial charge in [-0.1, -0.05) is 11.6 Å². The van der Waals surface area contributed by atoms with Crippen LogP contribution in [-0.4, -0.2) is 40.6 Å². The van der Waals surface area contributed by atoms with Crippen LogP contribution < -0.4 is 20.7 Å². The zero-order valence-corrected chi connectivity index (χ0v) is 17.9. The maximum absolute atomic E-state index is 13.9. The average molecular weight is 475 g/mol. The lowest BCUT2D eigenvalue weighted by Gasteiger charge is -2.09. The number of carbonyl (C=O) groups is 2. The number of halogens is 3. The number of benzene rings is 1. The highest BCUT2D eigenvalue weighted by atomic mass is 35.5. The Kier molecular flexibility index (Phi) is 7.99. The van der Waals surface area contributed by atoms with Crippen molar-refractivity contribution in [2.75, 3.05) is 18.4 Å². The van der Waals surface area contributed by atoms with Crippen LogP contribution in [0.4, 0.5) is 18.6 Å². The number of aromatic carboxylic acids is 1. The van der Waals surface area contributed by atoms with Crippen LogP contribution >= 0.6 is 23.1 Å². The third-order valence-electron chi connectivity index (χ3n) is 4.46. The first-order chi connectivity index (χ1) is 14.8. The van der Waals surface area contributed by atoms with Gasteiger partial charge in [0.2, 0.25) is 5.88 Å². The molecule has 3 rings (SSSR count). The number of anilines is 1. The Labute approximate surface area is 186 Å². The summed E-state index contributed by atoms with van der Waals surface area (Å²) in [6.45, 7) is 0.721. The molecule has 1 aliphatic carbocycles. The Hall–Kier alpha value is -2.50. The fourth-order valence-corrected chi connectivity index (χ4v) is 3.61. The Morgan fingerprint density at radius 3 is 2.55 bits per heavy atom. The molecule has 1 heterocycles. The molecule has 2 aromatic rings. The largest absolute Gasteiger partial charge is 0.477 e.